The van der Waals surface area contributed by atoms with Crippen LogP contribution in [-0.4, -0.2) is 36.5 Å². The van der Waals surface area contributed by atoms with Crippen molar-refractivity contribution in [2.75, 3.05) is 20.7 Å². The lowest BCUT2D eigenvalue weighted by Gasteiger charge is -2.21. The molecule has 0 radical (unpaired) electrons. The molecular formula is C19H21N3O2. The number of hydrogen-bond acceptors (Lipinski definition) is 4. The lowest BCUT2D eigenvalue weighted by atomic mass is 10.0. The van der Waals surface area contributed by atoms with Gasteiger partial charge in [-0.3, -0.25) is 4.79 Å². The van der Waals surface area contributed by atoms with E-state index in [1.54, 1.807) is 31.2 Å². The molecule has 0 N–H and O–H groups in total. The zero-order chi connectivity index (χ0) is 17.5. The van der Waals surface area contributed by atoms with Crippen LogP contribution in [0.25, 0.3) is 0 Å². The summed E-state index contributed by atoms with van der Waals surface area (Å²) in [4.78, 5) is 18.1. The highest BCUT2D eigenvalue weighted by atomic mass is 16.5. The molecule has 0 aliphatic heterocycles. The van der Waals surface area contributed by atoms with Crippen LogP contribution in [0.3, 0.4) is 0 Å². The van der Waals surface area contributed by atoms with E-state index in [2.05, 4.69) is 11.9 Å². The number of carbonyl (C=O) groups is 1. The van der Waals surface area contributed by atoms with Gasteiger partial charge in [-0.25, -0.2) is 4.98 Å². The van der Waals surface area contributed by atoms with Gasteiger partial charge in [-0.05, 0) is 42.2 Å². The van der Waals surface area contributed by atoms with Crippen molar-refractivity contribution < 1.29 is 9.53 Å². The van der Waals surface area contributed by atoms with Crippen LogP contribution in [0.1, 0.15) is 28.5 Å². The number of carbonyl (C=O) groups excluding carboxylic acids is 1. The minimum Gasteiger partial charge on any atom is -0.497 e. The molecule has 1 aromatic carbocycles. The van der Waals surface area contributed by atoms with Crippen molar-refractivity contribution in [1.82, 2.24) is 9.88 Å². The van der Waals surface area contributed by atoms with Crippen molar-refractivity contribution in [1.29, 1.82) is 5.26 Å². The third kappa shape index (κ3) is 4.56. The molecule has 124 valence electrons. The van der Waals surface area contributed by atoms with E-state index < -0.39 is 0 Å². The number of pyridine rings is 1. The first kappa shape index (κ1) is 17.5. The maximum atomic E-state index is 12.4. The summed E-state index contributed by atoms with van der Waals surface area (Å²) in [6.07, 6.45) is 2.30. The summed E-state index contributed by atoms with van der Waals surface area (Å²) in [7, 11) is 3.42. The molecule has 5 nitrogen and oxygen atoms in total. The quantitative estimate of drug-likeness (QED) is 0.820. The molecule has 0 spiro atoms. The van der Waals surface area contributed by atoms with Gasteiger partial charge in [0.15, 0.2) is 0 Å². The highest BCUT2D eigenvalue weighted by Crippen LogP contribution is 2.15. The van der Waals surface area contributed by atoms with E-state index in [1.165, 1.54) is 11.8 Å². The number of amides is 1. The highest BCUT2D eigenvalue weighted by molar-refractivity contribution is 5.92. The highest BCUT2D eigenvalue weighted by Gasteiger charge is 2.16. The lowest BCUT2D eigenvalue weighted by molar-refractivity contribution is 0.0770. The third-order valence-corrected chi connectivity index (χ3v) is 3.79. The van der Waals surface area contributed by atoms with Gasteiger partial charge >= 0.3 is 0 Å². The maximum Gasteiger partial charge on any atom is 0.272 e. The fourth-order valence-corrected chi connectivity index (χ4v) is 2.56. The smallest absolute Gasteiger partial charge is 0.272 e. The van der Waals surface area contributed by atoms with Crippen LogP contribution in [-0.2, 0) is 6.42 Å². The van der Waals surface area contributed by atoms with E-state index in [9.17, 15) is 4.79 Å². The predicted molar refractivity (Wildman–Crippen MR) is 91.8 cm³/mol. The summed E-state index contributed by atoms with van der Waals surface area (Å²) >= 11 is 0. The molecule has 0 saturated heterocycles. The van der Waals surface area contributed by atoms with Crippen LogP contribution in [0.4, 0.5) is 0 Å². The first-order chi connectivity index (χ1) is 11.5. The normalized spacial score (nSPS) is 11.4. The summed E-state index contributed by atoms with van der Waals surface area (Å²) in [5, 5.41) is 8.78. The Hall–Kier alpha value is -2.87. The number of methoxy groups -OCH3 is 1. The molecule has 0 unspecified atom stereocenters. The number of rotatable bonds is 6. The van der Waals surface area contributed by atoms with Gasteiger partial charge in [-0.2, -0.15) is 5.26 Å². The zero-order valence-corrected chi connectivity index (χ0v) is 14.2. The molecule has 24 heavy (non-hydrogen) atoms. The monoisotopic (exact) mass is 323 g/mol. The van der Waals surface area contributed by atoms with Gasteiger partial charge in [0.25, 0.3) is 5.91 Å². The number of hydrogen-bond donors (Lipinski definition) is 0. The molecule has 2 aromatic rings. The Labute approximate surface area is 142 Å². The molecule has 1 heterocycles. The maximum absolute atomic E-state index is 12.4. The summed E-state index contributed by atoms with van der Waals surface area (Å²) in [6.45, 7) is 2.74. The molecule has 1 aromatic heterocycles. The summed E-state index contributed by atoms with van der Waals surface area (Å²) < 4.78 is 5.16. The number of benzene rings is 1. The molecule has 2 rings (SSSR count). The summed E-state index contributed by atoms with van der Waals surface area (Å²) in [5.41, 5.74) is 2.01. The van der Waals surface area contributed by atoms with Crippen LogP contribution in [0.15, 0.2) is 42.6 Å². The second kappa shape index (κ2) is 8.11. The Morgan fingerprint density at radius 3 is 2.54 bits per heavy atom. The standard InChI is InChI=1S/C19H21N3O2/c1-14(10-15-4-7-17(24-3)8-5-15)13-22(2)19(23)18-9-6-16(11-20)12-21-18/h4-9,12,14H,10,13H2,1-3H3/t14-/m1/s1. The number of nitriles is 1. The SMILES string of the molecule is COc1ccc(C[C@@H](C)CN(C)C(=O)c2ccc(C#N)cn2)cc1. The topological polar surface area (TPSA) is 66.2 Å². The average Bonchev–Trinajstić information content (AvgIpc) is 2.61. The van der Waals surface area contributed by atoms with Crippen LogP contribution in [0, 0.1) is 17.2 Å². The summed E-state index contributed by atoms with van der Waals surface area (Å²) in [5.74, 6) is 1.01. The third-order valence-electron chi connectivity index (χ3n) is 3.79. The van der Waals surface area contributed by atoms with Gasteiger partial charge in [0.05, 0.1) is 12.7 Å². The fourth-order valence-electron chi connectivity index (χ4n) is 2.56. The molecule has 1 amide bonds. The van der Waals surface area contributed by atoms with E-state index in [-0.39, 0.29) is 5.91 Å². The zero-order valence-electron chi connectivity index (χ0n) is 14.2. The van der Waals surface area contributed by atoms with Crippen LogP contribution < -0.4 is 4.74 Å². The second-order valence-electron chi connectivity index (χ2n) is 5.89. The second-order valence-corrected chi connectivity index (χ2v) is 5.89. The molecule has 0 bridgehead atoms. The van der Waals surface area contributed by atoms with E-state index in [0.717, 1.165) is 12.2 Å². The number of aromatic nitrogens is 1. The van der Waals surface area contributed by atoms with E-state index in [4.69, 9.17) is 10.00 Å². The van der Waals surface area contributed by atoms with Gasteiger partial charge in [0.2, 0.25) is 0 Å². The van der Waals surface area contributed by atoms with Crippen molar-refractivity contribution in [2.45, 2.75) is 13.3 Å². The van der Waals surface area contributed by atoms with E-state index >= 15 is 0 Å². The molecule has 0 saturated carbocycles. The van der Waals surface area contributed by atoms with Crippen LogP contribution >= 0.6 is 0 Å². The Kier molecular flexibility index (Phi) is 5.91. The van der Waals surface area contributed by atoms with Crippen molar-refractivity contribution in [3.63, 3.8) is 0 Å². The Morgan fingerprint density at radius 1 is 1.29 bits per heavy atom. The largest absolute Gasteiger partial charge is 0.497 e. The van der Waals surface area contributed by atoms with Crippen molar-refractivity contribution in [3.8, 4) is 11.8 Å². The van der Waals surface area contributed by atoms with Gasteiger partial charge in [0.1, 0.15) is 17.5 Å². The van der Waals surface area contributed by atoms with Crippen LogP contribution in [0.2, 0.25) is 0 Å². The first-order valence-corrected chi connectivity index (χ1v) is 7.78. The molecule has 1 atom stereocenters. The van der Waals surface area contributed by atoms with Gasteiger partial charge in [-0.1, -0.05) is 19.1 Å². The molecule has 5 heteroatoms. The van der Waals surface area contributed by atoms with Gasteiger partial charge < -0.3 is 9.64 Å². The van der Waals surface area contributed by atoms with E-state index in [1.807, 2.05) is 30.3 Å². The Balaban J connectivity index is 1.93. The minimum absolute atomic E-state index is 0.138. The molecule has 0 aliphatic rings. The molecule has 0 aliphatic carbocycles. The number of ether oxygens (including phenoxy) is 1. The average molecular weight is 323 g/mol. The fraction of sp³-hybridized carbons (Fsp3) is 0.316. The predicted octanol–water partition coefficient (Wildman–Crippen LogP) is 2.91. The van der Waals surface area contributed by atoms with E-state index in [0.29, 0.717) is 23.7 Å². The number of nitrogens with zero attached hydrogens (tertiary/aromatic N) is 3. The molecular weight excluding hydrogens is 302 g/mol. The lowest BCUT2D eigenvalue weighted by Crippen LogP contribution is -2.32. The minimum atomic E-state index is -0.138. The summed E-state index contributed by atoms with van der Waals surface area (Å²) in [6, 6.07) is 13.2. The Morgan fingerprint density at radius 2 is 2.00 bits per heavy atom. The first-order valence-electron chi connectivity index (χ1n) is 7.78. The van der Waals surface area contributed by atoms with Crippen molar-refractivity contribution >= 4 is 5.91 Å². The van der Waals surface area contributed by atoms with Gasteiger partial charge in [-0.15, -0.1) is 0 Å². The Bertz CT molecular complexity index is 718. The molecule has 0 fully saturated rings. The van der Waals surface area contributed by atoms with Gasteiger partial charge in [0, 0.05) is 19.8 Å². The van der Waals surface area contributed by atoms with Crippen molar-refractivity contribution in [3.05, 3.63) is 59.4 Å². The van der Waals surface area contributed by atoms with Crippen molar-refractivity contribution in [2.24, 2.45) is 5.92 Å². The van der Waals surface area contributed by atoms with Crippen LogP contribution in [0.5, 0.6) is 5.75 Å².